The van der Waals surface area contributed by atoms with E-state index < -0.39 is 0 Å². The number of hydrogen-bond acceptors (Lipinski definition) is 4. The number of piperazine rings is 1. The molecular weight excluding hydrogens is 272 g/mol. The Morgan fingerprint density at radius 3 is 2.59 bits per heavy atom. The van der Waals surface area contributed by atoms with Gasteiger partial charge in [0.05, 0.1) is 0 Å². The van der Waals surface area contributed by atoms with Gasteiger partial charge in [-0.3, -0.25) is 4.90 Å². The van der Waals surface area contributed by atoms with Crippen LogP contribution in [0.25, 0.3) is 0 Å². The molecule has 1 fully saturated rings. The number of anilines is 2. The summed E-state index contributed by atoms with van der Waals surface area (Å²) in [4.78, 5) is 9.37. The first-order chi connectivity index (χ1) is 10.7. The monoisotopic (exact) mass is 296 g/mol. The second-order valence-corrected chi connectivity index (χ2v) is 6.01. The summed E-state index contributed by atoms with van der Waals surface area (Å²) in [5.41, 5.74) is 8.04. The average Bonchev–Trinajstić information content (AvgIpc) is 2.56. The molecule has 0 spiro atoms. The lowest BCUT2D eigenvalue weighted by molar-refractivity contribution is 0.195. The zero-order chi connectivity index (χ0) is 15.4. The van der Waals surface area contributed by atoms with Crippen molar-refractivity contribution >= 4 is 11.5 Å². The third kappa shape index (κ3) is 3.57. The fourth-order valence-electron chi connectivity index (χ4n) is 3.12. The Morgan fingerprint density at radius 1 is 1.09 bits per heavy atom. The first kappa shape index (κ1) is 14.9. The Bertz CT molecular complexity index is 591. The Kier molecular flexibility index (Phi) is 4.59. The normalized spacial score (nSPS) is 17.4. The van der Waals surface area contributed by atoms with E-state index in [-0.39, 0.29) is 0 Å². The van der Waals surface area contributed by atoms with Crippen molar-refractivity contribution in [2.75, 3.05) is 36.8 Å². The van der Waals surface area contributed by atoms with Crippen molar-refractivity contribution in [2.45, 2.75) is 19.4 Å². The van der Waals surface area contributed by atoms with Gasteiger partial charge < -0.3 is 10.6 Å². The zero-order valence-electron chi connectivity index (χ0n) is 13.2. The van der Waals surface area contributed by atoms with Crippen LogP contribution >= 0.6 is 0 Å². The van der Waals surface area contributed by atoms with Gasteiger partial charge in [-0.05, 0) is 43.2 Å². The quantitative estimate of drug-likeness (QED) is 0.880. The van der Waals surface area contributed by atoms with Crippen molar-refractivity contribution in [2.24, 2.45) is 0 Å². The van der Waals surface area contributed by atoms with E-state index >= 15 is 0 Å². The van der Waals surface area contributed by atoms with E-state index in [4.69, 9.17) is 5.73 Å². The fourth-order valence-corrected chi connectivity index (χ4v) is 3.12. The summed E-state index contributed by atoms with van der Waals surface area (Å²) in [5, 5.41) is 0. The summed E-state index contributed by atoms with van der Waals surface area (Å²) in [7, 11) is 0. The highest BCUT2D eigenvalue weighted by molar-refractivity contribution is 5.41. The molecule has 2 aromatic rings. The van der Waals surface area contributed by atoms with Gasteiger partial charge in [-0.25, -0.2) is 4.98 Å². The van der Waals surface area contributed by atoms with Crippen LogP contribution in [0.1, 0.15) is 12.5 Å². The molecule has 3 rings (SSSR count). The van der Waals surface area contributed by atoms with Gasteiger partial charge in [0.25, 0.3) is 0 Å². The van der Waals surface area contributed by atoms with Crippen LogP contribution in [-0.2, 0) is 6.42 Å². The maximum Gasteiger partial charge on any atom is 0.128 e. The number of hydrogen-bond donors (Lipinski definition) is 1. The molecule has 2 N–H and O–H groups in total. The average molecular weight is 296 g/mol. The van der Waals surface area contributed by atoms with Crippen LogP contribution in [0.4, 0.5) is 11.5 Å². The topological polar surface area (TPSA) is 45.4 Å². The van der Waals surface area contributed by atoms with Gasteiger partial charge in [0.15, 0.2) is 0 Å². The molecule has 1 saturated heterocycles. The van der Waals surface area contributed by atoms with E-state index in [0.29, 0.717) is 6.04 Å². The van der Waals surface area contributed by atoms with Crippen molar-refractivity contribution < 1.29 is 0 Å². The molecule has 2 heterocycles. The predicted octanol–water partition coefficient (Wildman–Crippen LogP) is 2.42. The molecule has 1 aromatic heterocycles. The molecule has 4 heteroatoms. The van der Waals surface area contributed by atoms with E-state index in [2.05, 4.69) is 46.0 Å². The van der Waals surface area contributed by atoms with Crippen LogP contribution in [0.3, 0.4) is 0 Å². The highest BCUT2D eigenvalue weighted by Gasteiger charge is 2.21. The van der Waals surface area contributed by atoms with Gasteiger partial charge in [-0.2, -0.15) is 0 Å². The zero-order valence-corrected chi connectivity index (χ0v) is 13.2. The molecule has 0 radical (unpaired) electrons. The van der Waals surface area contributed by atoms with Crippen LogP contribution in [-0.4, -0.2) is 42.1 Å². The van der Waals surface area contributed by atoms with E-state index in [0.717, 1.165) is 44.1 Å². The summed E-state index contributed by atoms with van der Waals surface area (Å²) in [6, 6.07) is 14.9. The van der Waals surface area contributed by atoms with Crippen LogP contribution < -0.4 is 10.6 Å². The van der Waals surface area contributed by atoms with Crippen LogP contribution in [0, 0.1) is 0 Å². The third-order valence-corrected chi connectivity index (χ3v) is 4.39. The summed E-state index contributed by atoms with van der Waals surface area (Å²) in [6.45, 7) is 6.55. The van der Waals surface area contributed by atoms with Crippen LogP contribution in [0.5, 0.6) is 0 Å². The Hall–Kier alpha value is -2.07. The minimum Gasteiger partial charge on any atom is -0.399 e. The van der Waals surface area contributed by atoms with Crippen molar-refractivity contribution in [3.63, 3.8) is 0 Å². The number of benzene rings is 1. The molecule has 22 heavy (non-hydrogen) atoms. The van der Waals surface area contributed by atoms with Crippen LogP contribution in [0.2, 0.25) is 0 Å². The van der Waals surface area contributed by atoms with Crippen molar-refractivity contribution in [1.82, 2.24) is 9.88 Å². The van der Waals surface area contributed by atoms with Gasteiger partial charge >= 0.3 is 0 Å². The Labute approximate surface area is 132 Å². The van der Waals surface area contributed by atoms with Gasteiger partial charge in [0, 0.05) is 44.1 Å². The van der Waals surface area contributed by atoms with E-state index in [1.807, 2.05) is 24.4 Å². The number of pyridine rings is 1. The first-order valence-electron chi connectivity index (χ1n) is 7.97. The molecule has 0 bridgehead atoms. The van der Waals surface area contributed by atoms with Crippen molar-refractivity contribution in [1.29, 1.82) is 0 Å². The minimum absolute atomic E-state index is 0.535. The largest absolute Gasteiger partial charge is 0.399 e. The molecule has 1 unspecified atom stereocenters. The maximum atomic E-state index is 5.87. The number of nitrogen functional groups attached to an aromatic ring is 1. The minimum atomic E-state index is 0.535. The van der Waals surface area contributed by atoms with Gasteiger partial charge in [0.1, 0.15) is 5.82 Å². The predicted molar refractivity (Wildman–Crippen MR) is 92.0 cm³/mol. The smallest absolute Gasteiger partial charge is 0.128 e. The SMILES string of the molecule is CC(Cc1cccc(N)c1)N1CCN(c2ccccn2)CC1. The number of aromatic nitrogens is 1. The summed E-state index contributed by atoms with van der Waals surface area (Å²) in [6.07, 6.45) is 2.92. The number of nitrogens with zero attached hydrogens (tertiary/aromatic N) is 3. The van der Waals surface area contributed by atoms with Crippen LogP contribution in [0.15, 0.2) is 48.7 Å². The molecule has 0 saturated carbocycles. The molecular formula is C18H24N4. The van der Waals surface area contributed by atoms with E-state index in [9.17, 15) is 0 Å². The first-order valence-corrected chi connectivity index (χ1v) is 7.97. The number of rotatable bonds is 4. The van der Waals surface area contributed by atoms with Gasteiger partial charge in [-0.1, -0.05) is 18.2 Å². The maximum absolute atomic E-state index is 5.87. The third-order valence-electron chi connectivity index (χ3n) is 4.39. The van der Waals surface area contributed by atoms with Crippen molar-refractivity contribution in [3.05, 3.63) is 54.2 Å². The standard InChI is InChI=1S/C18H24N4/c1-15(13-16-5-4-6-17(19)14-16)21-9-11-22(12-10-21)18-7-2-3-8-20-18/h2-8,14-15H,9-13,19H2,1H3. The second-order valence-electron chi connectivity index (χ2n) is 6.01. The molecule has 1 aromatic carbocycles. The second kappa shape index (κ2) is 6.79. The molecule has 116 valence electrons. The molecule has 4 nitrogen and oxygen atoms in total. The van der Waals surface area contributed by atoms with E-state index in [1.165, 1.54) is 5.56 Å². The van der Waals surface area contributed by atoms with Gasteiger partial charge in [-0.15, -0.1) is 0 Å². The lowest BCUT2D eigenvalue weighted by atomic mass is 10.0. The highest BCUT2D eigenvalue weighted by Crippen LogP contribution is 2.16. The number of nitrogens with two attached hydrogens (primary N) is 1. The Morgan fingerprint density at radius 2 is 1.91 bits per heavy atom. The lowest BCUT2D eigenvalue weighted by Crippen LogP contribution is -2.50. The van der Waals surface area contributed by atoms with Gasteiger partial charge in [0.2, 0.25) is 0 Å². The molecule has 1 aliphatic rings. The summed E-state index contributed by atoms with van der Waals surface area (Å²) in [5.74, 6) is 1.09. The summed E-state index contributed by atoms with van der Waals surface area (Å²) >= 11 is 0. The molecule has 0 amide bonds. The highest BCUT2D eigenvalue weighted by atomic mass is 15.3. The molecule has 1 aliphatic heterocycles. The van der Waals surface area contributed by atoms with Crippen molar-refractivity contribution in [3.8, 4) is 0 Å². The van der Waals surface area contributed by atoms with E-state index in [1.54, 1.807) is 0 Å². The molecule has 0 aliphatic carbocycles. The molecule has 1 atom stereocenters. The Balaban J connectivity index is 1.55. The fraction of sp³-hybridized carbons (Fsp3) is 0.389. The summed E-state index contributed by atoms with van der Waals surface area (Å²) < 4.78 is 0. The lowest BCUT2D eigenvalue weighted by Gasteiger charge is -2.38.